The van der Waals surface area contributed by atoms with Crippen molar-refractivity contribution in [2.24, 2.45) is 0 Å². The largest absolute Gasteiger partial charge is 0.491 e. The lowest BCUT2D eigenvalue weighted by Crippen LogP contribution is -2.25. The minimum atomic E-state index is -0.118. The summed E-state index contributed by atoms with van der Waals surface area (Å²) in [6.07, 6.45) is 1.54. The second-order valence-electron chi connectivity index (χ2n) is 8.11. The molecule has 0 atom stereocenters. The van der Waals surface area contributed by atoms with E-state index in [2.05, 4.69) is 41.9 Å². The van der Waals surface area contributed by atoms with Crippen LogP contribution in [-0.4, -0.2) is 28.6 Å². The molecule has 4 aromatic rings. The first-order valence-corrected chi connectivity index (χ1v) is 11.6. The molecule has 0 aliphatic heterocycles. The highest BCUT2D eigenvalue weighted by molar-refractivity contribution is 6.30. The molecule has 5 nitrogen and oxygen atoms in total. The van der Waals surface area contributed by atoms with Crippen molar-refractivity contribution in [2.45, 2.75) is 33.2 Å². The highest BCUT2D eigenvalue weighted by Gasteiger charge is 2.12. The van der Waals surface area contributed by atoms with Crippen LogP contribution >= 0.6 is 11.6 Å². The van der Waals surface area contributed by atoms with Crippen molar-refractivity contribution in [3.63, 3.8) is 0 Å². The molecule has 0 fully saturated rings. The maximum absolute atomic E-state index is 12.3. The average Bonchev–Trinajstić information content (AvgIpc) is 3.16. The first-order chi connectivity index (χ1) is 16.0. The number of nitrogens with one attached hydrogen (secondary N) is 1. The number of aromatic nitrogens is 2. The van der Waals surface area contributed by atoms with Gasteiger partial charge in [-0.2, -0.15) is 0 Å². The van der Waals surface area contributed by atoms with Gasteiger partial charge in [0.25, 0.3) is 5.91 Å². The van der Waals surface area contributed by atoms with Crippen LogP contribution in [-0.2, 0) is 13.0 Å². The van der Waals surface area contributed by atoms with Gasteiger partial charge in [-0.05, 0) is 61.7 Å². The van der Waals surface area contributed by atoms with Crippen LogP contribution in [0.5, 0.6) is 5.75 Å². The highest BCUT2D eigenvalue weighted by atomic mass is 35.5. The van der Waals surface area contributed by atoms with Gasteiger partial charge in [-0.1, -0.05) is 48.0 Å². The van der Waals surface area contributed by atoms with E-state index in [4.69, 9.17) is 21.3 Å². The number of imidazole rings is 1. The molecule has 0 unspecified atom stereocenters. The molecule has 1 amide bonds. The van der Waals surface area contributed by atoms with Crippen molar-refractivity contribution in [2.75, 3.05) is 13.2 Å². The lowest BCUT2D eigenvalue weighted by Gasteiger charge is -2.14. The summed E-state index contributed by atoms with van der Waals surface area (Å²) in [5.41, 5.74) is 4.92. The van der Waals surface area contributed by atoms with E-state index in [0.717, 1.165) is 46.6 Å². The Morgan fingerprint density at radius 2 is 1.79 bits per heavy atom. The zero-order chi connectivity index (χ0) is 23.2. The SMILES string of the molecule is Cc1cccc(C)c1OCCn1c(CCCNC(=O)c2cccc(Cl)c2)nc2ccccc21. The van der Waals surface area contributed by atoms with Crippen molar-refractivity contribution in [1.29, 1.82) is 0 Å². The number of halogens is 1. The van der Waals surface area contributed by atoms with E-state index in [-0.39, 0.29) is 5.91 Å². The van der Waals surface area contributed by atoms with E-state index in [0.29, 0.717) is 30.3 Å². The first kappa shape index (κ1) is 22.9. The topological polar surface area (TPSA) is 56.1 Å². The van der Waals surface area contributed by atoms with Crippen molar-refractivity contribution >= 4 is 28.5 Å². The van der Waals surface area contributed by atoms with E-state index in [1.807, 2.05) is 24.3 Å². The van der Waals surface area contributed by atoms with E-state index in [9.17, 15) is 4.79 Å². The molecule has 0 saturated carbocycles. The molecule has 1 heterocycles. The summed E-state index contributed by atoms with van der Waals surface area (Å²) in [5, 5.41) is 3.52. The quantitative estimate of drug-likeness (QED) is 0.323. The van der Waals surface area contributed by atoms with Crippen LogP contribution in [0.2, 0.25) is 5.02 Å². The van der Waals surface area contributed by atoms with Gasteiger partial charge in [-0.15, -0.1) is 0 Å². The molecule has 3 aromatic carbocycles. The van der Waals surface area contributed by atoms with Gasteiger partial charge in [0.15, 0.2) is 0 Å². The van der Waals surface area contributed by atoms with Crippen molar-refractivity contribution < 1.29 is 9.53 Å². The predicted molar refractivity (Wildman–Crippen MR) is 133 cm³/mol. The van der Waals surface area contributed by atoms with Crippen LogP contribution in [0.15, 0.2) is 66.7 Å². The number of para-hydroxylation sites is 3. The first-order valence-electron chi connectivity index (χ1n) is 11.2. The van der Waals surface area contributed by atoms with E-state index < -0.39 is 0 Å². The number of hydrogen-bond donors (Lipinski definition) is 1. The van der Waals surface area contributed by atoms with Gasteiger partial charge >= 0.3 is 0 Å². The third kappa shape index (κ3) is 5.55. The molecule has 6 heteroatoms. The molecule has 0 saturated heterocycles. The number of aryl methyl sites for hydroxylation is 3. The Bertz CT molecular complexity index is 1250. The molecule has 0 aliphatic rings. The Labute approximate surface area is 199 Å². The third-order valence-electron chi connectivity index (χ3n) is 5.65. The zero-order valence-corrected chi connectivity index (χ0v) is 19.7. The number of rotatable bonds is 9. The minimum absolute atomic E-state index is 0.118. The maximum atomic E-state index is 12.3. The molecular formula is C27H28ClN3O2. The van der Waals surface area contributed by atoms with Crippen molar-refractivity contribution in [3.8, 4) is 5.75 Å². The molecule has 4 rings (SSSR count). The van der Waals surface area contributed by atoms with Crippen LogP contribution in [0, 0.1) is 13.8 Å². The number of amides is 1. The van der Waals surface area contributed by atoms with Crippen LogP contribution in [0.1, 0.15) is 33.7 Å². The fourth-order valence-corrected chi connectivity index (χ4v) is 4.20. The number of benzene rings is 3. The smallest absolute Gasteiger partial charge is 0.251 e. The molecule has 0 radical (unpaired) electrons. The van der Waals surface area contributed by atoms with Gasteiger partial charge in [0.05, 0.1) is 17.6 Å². The highest BCUT2D eigenvalue weighted by Crippen LogP contribution is 2.23. The summed E-state index contributed by atoms with van der Waals surface area (Å²) in [4.78, 5) is 17.2. The summed E-state index contributed by atoms with van der Waals surface area (Å²) < 4.78 is 8.37. The lowest BCUT2D eigenvalue weighted by atomic mass is 10.1. The van der Waals surface area contributed by atoms with E-state index >= 15 is 0 Å². The summed E-state index contributed by atoms with van der Waals surface area (Å²) in [6.45, 7) is 5.96. The second kappa shape index (κ2) is 10.5. The molecule has 33 heavy (non-hydrogen) atoms. The van der Waals surface area contributed by atoms with Gasteiger partial charge in [0.1, 0.15) is 18.2 Å². The molecule has 1 aromatic heterocycles. The van der Waals surface area contributed by atoms with Gasteiger partial charge in [0.2, 0.25) is 0 Å². The summed E-state index contributed by atoms with van der Waals surface area (Å²) in [5.74, 6) is 1.83. The maximum Gasteiger partial charge on any atom is 0.251 e. The minimum Gasteiger partial charge on any atom is -0.491 e. The Morgan fingerprint density at radius 3 is 2.58 bits per heavy atom. The Morgan fingerprint density at radius 1 is 1.03 bits per heavy atom. The Kier molecular flexibility index (Phi) is 7.30. The zero-order valence-electron chi connectivity index (χ0n) is 19.0. The molecule has 170 valence electrons. The molecular weight excluding hydrogens is 434 g/mol. The molecule has 1 N–H and O–H groups in total. The normalized spacial score (nSPS) is 11.0. The Balaban J connectivity index is 1.39. The lowest BCUT2D eigenvalue weighted by molar-refractivity contribution is 0.0953. The fraction of sp³-hybridized carbons (Fsp3) is 0.259. The number of ether oxygens (including phenoxy) is 1. The van der Waals surface area contributed by atoms with E-state index in [1.165, 1.54) is 0 Å². The number of carbonyl (C=O) groups excluding carboxylic acids is 1. The average molecular weight is 462 g/mol. The second-order valence-corrected chi connectivity index (χ2v) is 8.54. The Hall–Kier alpha value is -3.31. The molecule has 0 spiro atoms. The number of nitrogens with zero attached hydrogens (tertiary/aromatic N) is 2. The summed E-state index contributed by atoms with van der Waals surface area (Å²) in [7, 11) is 0. The van der Waals surface area contributed by atoms with Crippen LogP contribution in [0.4, 0.5) is 0 Å². The fourth-order valence-electron chi connectivity index (χ4n) is 4.01. The van der Waals surface area contributed by atoms with Gasteiger partial charge < -0.3 is 14.6 Å². The van der Waals surface area contributed by atoms with Crippen molar-refractivity contribution in [1.82, 2.24) is 14.9 Å². The van der Waals surface area contributed by atoms with Gasteiger partial charge in [-0.3, -0.25) is 4.79 Å². The molecule has 0 bridgehead atoms. The number of hydrogen-bond acceptors (Lipinski definition) is 3. The standard InChI is InChI=1S/C27H28ClN3O2/c1-19-8-5-9-20(2)26(19)33-17-16-31-24-13-4-3-12-23(24)30-25(31)14-7-15-29-27(32)21-10-6-11-22(28)18-21/h3-6,8-13,18H,7,14-17H2,1-2H3,(H,29,32). The summed E-state index contributed by atoms with van der Waals surface area (Å²) >= 11 is 5.98. The van der Waals surface area contributed by atoms with Crippen molar-refractivity contribution in [3.05, 3.63) is 94.3 Å². The third-order valence-corrected chi connectivity index (χ3v) is 5.89. The van der Waals surface area contributed by atoms with Crippen LogP contribution in [0.3, 0.4) is 0 Å². The van der Waals surface area contributed by atoms with Gasteiger partial charge in [-0.25, -0.2) is 4.98 Å². The van der Waals surface area contributed by atoms with E-state index in [1.54, 1.807) is 24.3 Å². The predicted octanol–water partition coefficient (Wildman–Crippen LogP) is 5.75. The monoisotopic (exact) mass is 461 g/mol. The summed E-state index contributed by atoms with van der Waals surface area (Å²) in [6, 6.07) is 21.3. The van der Waals surface area contributed by atoms with Crippen LogP contribution < -0.4 is 10.1 Å². The number of fused-ring (bicyclic) bond motifs is 1. The number of carbonyl (C=O) groups is 1. The molecule has 0 aliphatic carbocycles. The van der Waals surface area contributed by atoms with Crippen LogP contribution in [0.25, 0.3) is 11.0 Å². The van der Waals surface area contributed by atoms with Gasteiger partial charge in [0, 0.05) is 23.6 Å².